The molecule has 0 unspecified atom stereocenters. The number of nitrogens with one attached hydrogen (secondary N) is 1. The van der Waals surface area contributed by atoms with Gasteiger partial charge in [-0.25, -0.2) is 0 Å². The van der Waals surface area contributed by atoms with Crippen molar-refractivity contribution in [3.8, 4) is 17.9 Å². The number of hydrogen-bond donors (Lipinski definition) is 1. The molecule has 0 atom stereocenters. The van der Waals surface area contributed by atoms with Gasteiger partial charge >= 0.3 is 0 Å². The van der Waals surface area contributed by atoms with Crippen molar-refractivity contribution >= 4 is 5.69 Å². The third-order valence-corrected chi connectivity index (χ3v) is 2.89. The van der Waals surface area contributed by atoms with Crippen molar-refractivity contribution in [3.05, 3.63) is 59.2 Å². The Balaban J connectivity index is 2.23. The molecule has 0 spiro atoms. The topological polar surface area (TPSA) is 68.8 Å². The number of hydrogen-bond acceptors (Lipinski definition) is 4. The number of anilines is 1. The summed E-state index contributed by atoms with van der Waals surface area (Å²) in [5, 5.41) is 21.2. The maximum atomic E-state index is 9.13. The van der Waals surface area contributed by atoms with Crippen molar-refractivity contribution in [2.75, 3.05) is 12.4 Å². The average Bonchev–Trinajstić information content (AvgIpc) is 2.52. The molecule has 0 aliphatic rings. The average molecular weight is 263 g/mol. The first-order valence-electron chi connectivity index (χ1n) is 6.08. The molecule has 0 saturated heterocycles. The Morgan fingerprint density at radius 2 is 1.90 bits per heavy atom. The molecule has 4 nitrogen and oxygen atoms in total. The minimum absolute atomic E-state index is 0.518. The van der Waals surface area contributed by atoms with Crippen molar-refractivity contribution in [1.29, 1.82) is 10.5 Å². The van der Waals surface area contributed by atoms with Crippen molar-refractivity contribution in [2.24, 2.45) is 0 Å². The fraction of sp³-hybridized carbons (Fsp3) is 0.125. The smallest absolute Gasteiger partial charge is 0.143 e. The summed E-state index contributed by atoms with van der Waals surface area (Å²) in [5.41, 5.74) is 2.78. The van der Waals surface area contributed by atoms with E-state index in [1.807, 2.05) is 18.2 Å². The Morgan fingerprint density at radius 3 is 2.60 bits per heavy atom. The van der Waals surface area contributed by atoms with Crippen molar-refractivity contribution in [3.63, 3.8) is 0 Å². The van der Waals surface area contributed by atoms with Gasteiger partial charge in [-0.3, -0.25) is 0 Å². The standard InChI is InChI=1S/C16H13N3O/c1-20-15-7-3-6-14(10-18)16(15)19-11-13-5-2-4-12(8-13)9-17/h2-8,19H,11H2,1H3. The maximum absolute atomic E-state index is 9.13. The summed E-state index contributed by atoms with van der Waals surface area (Å²) in [4.78, 5) is 0. The van der Waals surface area contributed by atoms with E-state index in [1.54, 1.807) is 31.4 Å². The summed E-state index contributed by atoms with van der Waals surface area (Å²) < 4.78 is 5.26. The summed E-state index contributed by atoms with van der Waals surface area (Å²) in [6.45, 7) is 0.518. The molecule has 0 aliphatic heterocycles. The fourth-order valence-corrected chi connectivity index (χ4v) is 1.92. The van der Waals surface area contributed by atoms with Gasteiger partial charge in [-0.1, -0.05) is 18.2 Å². The molecule has 4 heteroatoms. The summed E-state index contributed by atoms with van der Waals surface area (Å²) in [6, 6.07) is 16.9. The molecular weight excluding hydrogens is 250 g/mol. The van der Waals surface area contributed by atoms with Crippen molar-refractivity contribution in [1.82, 2.24) is 0 Å². The first kappa shape index (κ1) is 13.5. The van der Waals surface area contributed by atoms with Crippen LogP contribution in [-0.4, -0.2) is 7.11 Å². The van der Waals surface area contributed by atoms with Gasteiger partial charge in [0, 0.05) is 6.54 Å². The molecule has 0 radical (unpaired) electrons. The Kier molecular flexibility index (Phi) is 4.21. The minimum Gasteiger partial charge on any atom is -0.495 e. The third kappa shape index (κ3) is 2.88. The van der Waals surface area contributed by atoms with Gasteiger partial charge < -0.3 is 10.1 Å². The molecule has 98 valence electrons. The van der Waals surface area contributed by atoms with Gasteiger partial charge in [0.05, 0.1) is 30.0 Å². The molecule has 0 amide bonds. The van der Waals surface area contributed by atoms with Crippen LogP contribution < -0.4 is 10.1 Å². The van der Waals surface area contributed by atoms with Crippen LogP contribution in [0.25, 0.3) is 0 Å². The van der Waals surface area contributed by atoms with Gasteiger partial charge in [-0.2, -0.15) is 10.5 Å². The summed E-state index contributed by atoms with van der Waals surface area (Å²) in [5.74, 6) is 0.625. The van der Waals surface area contributed by atoms with E-state index in [-0.39, 0.29) is 0 Å². The van der Waals surface area contributed by atoms with Crippen LogP contribution in [0.3, 0.4) is 0 Å². The maximum Gasteiger partial charge on any atom is 0.143 e. The van der Waals surface area contributed by atoms with Crippen LogP contribution in [0.2, 0.25) is 0 Å². The van der Waals surface area contributed by atoms with E-state index in [0.29, 0.717) is 29.1 Å². The Hall–Kier alpha value is -2.98. The van der Waals surface area contributed by atoms with Crippen LogP contribution in [0.5, 0.6) is 5.75 Å². The lowest BCUT2D eigenvalue weighted by molar-refractivity contribution is 0.416. The van der Waals surface area contributed by atoms with Gasteiger partial charge in [-0.15, -0.1) is 0 Å². The van der Waals surface area contributed by atoms with Crippen LogP contribution in [0, 0.1) is 22.7 Å². The molecule has 0 aromatic heterocycles. The number of nitriles is 2. The largest absolute Gasteiger partial charge is 0.495 e. The van der Waals surface area contributed by atoms with Gasteiger partial charge in [0.1, 0.15) is 11.8 Å². The van der Waals surface area contributed by atoms with Gasteiger partial charge in [-0.05, 0) is 29.8 Å². The monoisotopic (exact) mass is 263 g/mol. The first-order valence-corrected chi connectivity index (χ1v) is 6.08. The Bertz CT molecular complexity index is 696. The molecule has 0 heterocycles. The quantitative estimate of drug-likeness (QED) is 0.920. The zero-order valence-corrected chi connectivity index (χ0v) is 11.1. The molecule has 2 rings (SSSR count). The lowest BCUT2D eigenvalue weighted by Crippen LogP contribution is -2.03. The van der Waals surface area contributed by atoms with Gasteiger partial charge in [0.25, 0.3) is 0 Å². The molecular formula is C16H13N3O. The summed E-state index contributed by atoms with van der Waals surface area (Å²) in [7, 11) is 1.57. The van der Waals surface area contributed by atoms with Gasteiger partial charge in [0.15, 0.2) is 0 Å². The van der Waals surface area contributed by atoms with Crippen LogP contribution in [0.1, 0.15) is 16.7 Å². The molecule has 0 bridgehead atoms. The lowest BCUT2D eigenvalue weighted by Gasteiger charge is -2.12. The highest BCUT2D eigenvalue weighted by Crippen LogP contribution is 2.28. The second kappa shape index (κ2) is 6.26. The van der Waals surface area contributed by atoms with Crippen molar-refractivity contribution < 1.29 is 4.74 Å². The van der Waals surface area contributed by atoms with E-state index in [0.717, 1.165) is 5.56 Å². The highest BCUT2D eigenvalue weighted by atomic mass is 16.5. The van der Waals surface area contributed by atoms with E-state index >= 15 is 0 Å². The van der Waals surface area contributed by atoms with Gasteiger partial charge in [0.2, 0.25) is 0 Å². The van der Waals surface area contributed by atoms with Crippen LogP contribution >= 0.6 is 0 Å². The zero-order chi connectivity index (χ0) is 14.4. The van der Waals surface area contributed by atoms with E-state index < -0.39 is 0 Å². The number of methoxy groups -OCH3 is 1. The van der Waals surface area contributed by atoms with E-state index in [4.69, 9.17) is 15.3 Å². The van der Waals surface area contributed by atoms with Crippen LogP contribution in [-0.2, 0) is 6.54 Å². The molecule has 0 aliphatic carbocycles. The molecule has 20 heavy (non-hydrogen) atoms. The SMILES string of the molecule is COc1cccc(C#N)c1NCc1cccc(C#N)c1. The molecule has 0 fully saturated rings. The van der Waals surface area contributed by atoms with E-state index in [2.05, 4.69) is 17.5 Å². The summed E-state index contributed by atoms with van der Waals surface area (Å²) in [6.07, 6.45) is 0. The highest BCUT2D eigenvalue weighted by Gasteiger charge is 2.08. The first-order chi connectivity index (χ1) is 9.78. The second-order valence-corrected chi connectivity index (χ2v) is 4.16. The Labute approximate surface area is 117 Å². The number of nitrogens with zero attached hydrogens (tertiary/aromatic N) is 2. The summed E-state index contributed by atoms with van der Waals surface area (Å²) >= 11 is 0. The molecule has 2 aromatic carbocycles. The number of ether oxygens (including phenoxy) is 1. The Morgan fingerprint density at radius 1 is 1.10 bits per heavy atom. The van der Waals surface area contributed by atoms with Crippen molar-refractivity contribution in [2.45, 2.75) is 6.54 Å². The zero-order valence-electron chi connectivity index (χ0n) is 11.1. The predicted octanol–water partition coefficient (Wildman–Crippen LogP) is 3.05. The van der Waals surface area contributed by atoms with E-state index in [9.17, 15) is 0 Å². The number of benzene rings is 2. The second-order valence-electron chi connectivity index (χ2n) is 4.16. The highest BCUT2D eigenvalue weighted by molar-refractivity contribution is 5.66. The molecule has 2 aromatic rings. The third-order valence-electron chi connectivity index (χ3n) is 2.89. The van der Waals surface area contributed by atoms with Crippen LogP contribution in [0.4, 0.5) is 5.69 Å². The minimum atomic E-state index is 0.518. The lowest BCUT2D eigenvalue weighted by atomic mass is 10.1. The van der Waals surface area contributed by atoms with E-state index in [1.165, 1.54) is 0 Å². The predicted molar refractivity (Wildman–Crippen MR) is 76.2 cm³/mol. The number of rotatable bonds is 4. The number of para-hydroxylation sites is 1. The molecule has 1 N–H and O–H groups in total. The normalized spacial score (nSPS) is 9.35. The fourth-order valence-electron chi connectivity index (χ4n) is 1.92. The van der Waals surface area contributed by atoms with Crippen LogP contribution in [0.15, 0.2) is 42.5 Å². The molecule has 0 saturated carbocycles.